The number of H-pyrrole nitrogens is 1. The summed E-state index contributed by atoms with van der Waals surface area (Å²) in [5.74, 6) is 2.43. The zero-order chi connectivity index (χ0) is 13.8. The number of aryl methyl sites for hydroxylation is 1. The van der Waals surface area contributed by atoms with Crippen LogP contribution in [0.5, 0.6) is 0 Å². The van der Waals surface area contributed by atoms with Gasteiger partial charge in [0.05, 0.1) is 12.0 Å². The van der Waals surface area contributed by atoms with Crippen molar-refractivity contribution in [3.63, 3.8) is 0 Å². The van der Waals surface area contributed by atoms with Gasteiger partial charge >= 0.3 is 0 Å². The molecule has 0 fully saturated rings. The van der Waals surface area contributed by atoms with Crippen LogP contribution in [-0.4, -0.2) is 4.98 Å². The summed E-state index contributed by atoms with van der Waals surface area (Å²) in [4.78, 5) is 14.3. The summed E-state index contributed by atoms with van der Waals surface area (Å²) in [5, 5.41) is 9.00. The third kappa shape index (κ3) is 2.91. The van der Waals surface area contributed by atoms with Crippen LogP contribution in [0.2, 0.25) is 0 Å². The van der Waals surface area contributed by atoms with E-state index >= 15 is 0 Å². The predicted molar refractivity (Wildman–Crippen MR) is 75.0 cm³/mol. The smallest absolute Gasteiger partial charge is 0.266 e. The molecule has 0 atom stereocenters. The maximum atomic E-state index is 11.6. The van der Waals surface area contributed by atoms with E-state index in [9.17, 15) is 4.79 Å². The van der Waals surface area contributed by atoms with Crippen molar-refractivity contribution in [3.05, 3.63) is 56.9 Å². The van der Waals surface area contributed by atoms with Gasteiger partial charge in [-0.25, -0.2) is 0 Å². The molecule has 0 aliphatic rings. The number of aromatic nitrogens is 1. The highest BCUT2D eigenvalue weighted by Crippen LogP contribution is 2.22. The molecule has 0 aliphatic heterocycles. The first-order chi connectivity index (χ1) is 9.13. The fourth-order valence-corrected chi connectivity index (χ4v) is 3.01. The molecule has 0 bridgehead atoms. The van der Waals surface area contributed by atoms with Crippen molar-refractivity contribution in [1.82, 2.24) is 4.98 Å². The van der Waals surface area contributed by atoms with Crippen molar-refractivity contribution in [3.8, 4) is 6.07 Å². The number of hydrogen-bond acceptors (Lipinski definition) is 4. The van der Waals surface area contributed by atoms with Gasteiger partial charge in [0, 0.05) is 11.4 Å². The van der Waals surface area contributed by atoms with Gasteiger partial charge in [-0.1, -0.05) is 0 Å². The normalized spacial score (nSPS) is 10.4. The average molecular weight is 274 g/mol. The topological polar surface area (TPSA) is 69.8 Å². The monoisotopic (exact) mass is 274 g/mol. The molecule has 5 heteroatoms. The summed E-state index contributed by atoms with van der Waals surface area (Å²) in [6.45, 7) is 3.68. The Balaban J connectivity index is 2.16. The summed E-state index contributed by atoms with van der Waals surface area (Å²) in [6, 6.07) is 5.76. The van der Waals surface area contributed by atoms with Gasteiger partial charge in [0.15, 0.2) is 0 Å². The molecule has 2 aromatic heterocycles. The van der Waals surface area contributed by atoms with Gasteiger partial charge in [-0.05, 0) is 37.1 Å². The molecule has 0 spiro atoms. The molecular formula is C14H14N2O2S. The molecule has 4 nitrogen and oxygen atoms in total. The van der Waals surface area contributed by atoms with Crippen molar-refractivity contribution >= 4 is 11.8 Å². The van der Waals surface area contributed by atoms with E-state index in [4.69, 9.17) is 9.68 Å². The fourth-order valence-electron chi connectivity index (χ4n) is 1.91. The zero-order valence-corrected chi connectivity index (χ0v) is 11.6. The number of pyridine rings is 1. The highest BCUT2D eigenvalue weighted by Gasteiger charge is 2.12. The van der Waals surface area contributed by atoms with E-state index in [1.165, 1.54) is 0 Å². The second-order valence-corrected chi connectivity index (χ2v) is 5.23. The van der Waals surface area contributed by atoms with Crippen molar-refractivity contribution < 1.29 is 4.42 Å². The number of nitrogens with zero attached hydrogens (tertiary/aromatic N) is 1. The van der Waals surface area contributed by atoms with Crippen LogP contribution in [0, 0.1) is 25.2 Å². The van der Waals surface area contributed by atoms with Crippen LogP contribution in [-0.2, 0) is 11.5 Å². The second kappa shape index (κ2) is 5.81. The van der Waals surface area contributed by atoms with E-state index in [2.05, 4.69) is 4.98 Å². The van der Waals surface area contributed by atoms with Gasteiger partial charge in [-0.15, -0.1) is 11.8 Å². The van der Waals surface area contributed by atoms with Crippen LogP contribution in [0.15, 0.2) is 27.6 Å². The Morgan fingerprint density at radius 2 is 2.21 bits per heavy atom. The first kappa shape index (κ1) is 13.5. The SMILES string of the molecule is Cc1[nH]c(=O)c(C#N)c(C)c1CSCc1ccco1. The molecule has 0 aromatic carbocycles. The molecule has 0 unspecified atom stereocenters. The van der Waals surface area contributed by atoms with Crippen molar-refractivity contribution in [2.75, 3.05) is 0 Å². The van der Waals surface area contributed by atoms with E-state index in [-0.39, 0.29) is 11.1 Å². The quantitative estimate of drug-likeness (QED) is 0.930. The molecular weight excluding hydrogens is 260 g/mol. The lowest BCUT2D eigenvalue weighted by Crippen LogP contribution is -2.16. The molecule has 0 radical (unpaired) electrons. The molecule has 19 heavy (non-hydrogen) atoms. The van der Waals surface area contributed by atoms with E-state index in [1.54, 1.807) is 18.0 Å². The van der Waals surface area contributed by atoms with Gasteiger partial charge in [0.2, 0.25) is 0 Å². The molecule has 0 saturated carbocycles. The molecule has 0 amide bonds. The van der Waals surface area contributed by atoms with Crippen molar-refractivity contribution in [2.24, 2.45) is 0 Å². The summed E-state index contributed by atoms with van der Waals surface area (Å²) >= 11 is 1.69. The number of thioether (sulfide) groups is 1. The van der Waals surface area contributed by atoms with E-state index in [0.717, 1.165) is 34.1 Å². The highest BCUT2D eigenvalue weighted by atomic mass is 32.2. The van der Waals surface area contributed by atoms with Gasteiger partial charge in [0.1, 0.15) is 17.4 Å². The predicted octanol–water partition coefficient (Wildman–Crippen LogP) is 2.89. The third-order valence-corrected chi connectivity index (χ3v) is 3.97. The van der Waals surface area contributed by atoms with Gasteiger partial charge in [-0.3, -0.25) is 4.79 Å². The average Bonchev–Trinajstić information content (AvgIpc) is 2.86. The van der Waals surface area contributed by atoms with Gasteiger partial charge in [0.25, 0.3) is 5.56 Å². The van der Waals surface area contributed by atoms with Crippen LogP contribution >= 0.6 is 11.8 Å². The maximum Gasteiger partial charge on any atom is 0.266 e. The Hall–Kier alpha value is -1.93. The van der Waals surface area contributed by atoms with Crippen LogP contribution < -0.4 is 5.56 Å². The number of furan rings is 1. The van der Waals surface area contributed by atoms with Gasteiger partial charge < -0.3 is 9.40 Å². The van der Waals surface area contributed by atoms with Crippen LogP contribution in [0.1, 0.15) is 28.1 Å². The molecule has 2 rings (SSSR count). The Morgan fingerprint density at radius 1 is 1.42 bits per heavy atom. The van der Waals surface area contributed by atoms with Crippen LogP contribution in [0.25, 0.3) is 0 Å². The summed E-state index contributed by atoms with van der Waals surface area (Å²) in [5.41, 5.74) is 2.52. The number of nitrogens with one attached hydrogen (secondary N) is 1. The lowest BCUT2D eigenvalue weighted by molar-refractivity contribution is 0.530. The van der Waals surface area contributed by atoms with E-state index in [0.29, 0.717) is 0 Å². The molecule has 0 aliphatic carbocycles. The Bertz CT molecular complexity index is 666. The first-order valence-electron chi connectivity index (χ1n) is 5.86. The minimum absolute atomic E-state index is 0.208. The standard InChI is InChI=1S/C14H14N2O2S/c1-9-12(6-15)14(17)16-10(2)13(9)8-19-7-11-4-3-5-18-11/h3-5H,7-8H2,1-2H3,(H,16,17). The second-order valence-electron chi connectivity index (χ2n) is 4.24. The lowest BCUT2D eigenvalue weighted by Gasteiger charge is -2.10. The van der Waals surface area contributed by atoms with Crippen molar-refractivity contribution in [2.45, 2.75) is 25.4 Å². The number of hydrogen-bond donors (Lipinski definition) is 1. The van der Waals surface area contributed by atoms with Crippen molar-refractivity contribution in [1.29, 1.82) is 5.26 Å². The third-order valence-electron chi connectivity index (χ3n) is 2.99. The van der Waals surface area contributed by atoms with Crippen LogP contribution in [0.4, 0.5) is 0 Å². The lowest BCUT2D eigenvalue weighted by atomic mass is 10.1. The number of rotatable bonds is 4. The summed E-state index contributed by atoms with van der Waals surface area (Å²) in [7, 11) is 0. The highest BCUT2D eigenvalue weighted by molar-refractivity contribution is 7.97. The van der Waals surface area contributed by atoms with Gasteiger partial charge in [-0.2, -0.15) is 5.26 Å². The van der Waals surface area contributed by atoms with E-state index < -0.39 is 0 Å². The molecule has 2 aromatic rings. The summed E-state index contributed by atoms with van der Waals surface area (Å²) in [6.07, 6.45) is 1.65. The molecule has 1 N–H and O–H groups in total. The largest absolute Gasteiger partial charge is 0.468 e. The Kier molecular flexibility index (Phi) is 4.13. The Labute approximate surface area is 115 Å². The fraction of sp³-hybridized carbons (Fsp3) is 0.286. The maximum absolute atomic E-state index is 11.6. The first-order valence-corrected chi connectivity index (χ1v) is 7.01. The zero-order valence-electron chi connectivity index (χ0n) is 10.8. The molecule has 0 saturated heterocycles. The number of aromatic amines is 1. The van der Waals surface area contributed by atoms with E-state index in [1.807, 2.05) is 32.0 Å². The minimum Gasteiger partial charge on any atom is -0.468 e. The Morgan fingerprint density at radius 3 is 2.84 bits per heavy atom. The number of nitriles is 1. The molecule has 2 heterocycles. The molecule has 98 valence electrons. The van der Waals surface area contributed by atoms with Crippen LogP contribution in [0.3, 0.4) is 0 Å². The minimum atomic E-state index is -0.308. The summed E-state index contributed by atoms with van der Waals surface area (Å²) < 4.78 is 5.26.